The maximum Gasteiger partial charge on any atom is 0.273 e. The highest BCUT2D eigenvalue weighted by Crippen LogP contribution is 2.27. The standard InChI is InChI=1S/C20H27N5O2.ClH/c1-12(2)27-18-8-6-17(7-9-18)25-13(3)19(23-24-25)20(26)22-16-10-14-4-5-15(11-16)21-14;/h6-9,12,14-16,21H,4-5,10-11H2,1-3H3,(H,22,26);1H. The Morgan fingerprint density at radius 3 is 2.46 bits per heavy atom. The van der Waals surface area contributed by atoms with Gasteiger partial charge in [-0.25, -0.2) is 4.68 Å². The smallest absolute Gasteiger partial charge is 0.273 e. The molecule has 8 heteroatoms. The number of nitrogens with zero attached hydrogens (tertiary/aromatic N) is 3. The molecule has 2 bridgehead atoms. The van der Waals surface area contributed by atoms with E-state index in [4.69, 9.17) is 4.74 Å². The van der Waals surface area contributed by atoms with E-state index in [1.807, 2.05) is 45.0 Å². The highest BCUT2D eigenvalue weighted by atomic mass is 35.5. The molecule has 2 unspecified atom stereocenters. The lowest BCUT2D eigenvalue weighted by Gasteiger charge is -2.29. The number of rotatable bonds is 5. The van der Waals surface area contributed by atoms with Gasteiger partial charge >= 0.3 is 0 Å². The monoisotopic (exact) mass is 405 g/mol. The molecule has 1 aromatic carbocycles. The lowest BCUT2D eigenvalue weighted by Crippen LogP contribution is -2.48. The average Bonchev–Trinajstić information content (AvgIpc) is 3.17. The topological polar surface area (TPSA) is 81.1 Å². The van der Waals surface area contributed by atoms with Crippen molar-refractivity contribution in [1.29, 1.82) is 0 Å². The minimum atomic E-state index is -0.134. The number of fused-ring (bicyclic) bond motifs is 2. The third-order valence-corrected chi connectivity index (χ3v) is 5.37. The van der Waals surface area contributed by atoms with Crippen LogP contribution in [0, 0.1) is 6.92 Å². The van der Waals surface area contributed by atoms with Crippen molar-refractivity contribution < 1.29 is 9.53 Å². The van der Waals surface area contributed by atoms with E-state index in [0.717, 1.165) is 30.0 Å². The van der Waals surface area contributed by atoms with Crippen molar-refractivity contribution in [2.24, 2.45) is 0 Å². The Morgan fingerprint density at radius 2 is 1.86 bits per heavy atom. The summed E-state index contributed by atoms with van der Waals surface area (Å²) in [5.41, 5.74) is 1.99. The normalized spacial score (nSPS) is 23.4. The fourth-order valence-corrected chi connectivity index (χ4v) is 4.15. The van der Waals surface area contributed by atoms with Gasteiger partial charge in [0.05, 0.1) is 17.5 Å². The van der Waals surface area contributed by atoms with Crippen LogP contribution in [0.3, 0.4) is 0 Å². The Bertz CT molecular complexity index is 809. The highest BCUT2D eigenvalue weighted by Gasteiger charge is 2.34. The third-order valence-electron chi connectivity index (χ3n) is 5.37. The highest BCUT2D eigenvalue weighted by molar-refractivity contribution is 5.93. The van der Waals surface area contributed by atoms with Gasteiger partial charge in [0.15, 0.2) is 5.69 Å². The number of carbonyl (C=O) groups is 1. The van der Waals surface area contributed by atoms with E-state index in [2.05, 4.69) is 20.9 Å². The molecule has 152 valence electrons. The summed E-state index contributed by atoms with van der Waals surface area (Å²) in [7, 11) is 0. The number of benzene rings is 1. The molecule has 0 radical (unpaired) electrons. The van der Waals surface area contributed by atoms with Crippen molar-refractivity contribution in [1.82, 2.24) is 25.6 Å². The number of carbonyl (C=O) groups excluding carboxylic acids is 1. The van der Waals surface area contributed by atoms with Gasteiger partial charge in [0, 0.05) is 18.1 Å². The van der Waals surface area contributed by atoms with E-state index >= 15 is 0 Å². The van der Waals surface area contributed by atoms with Crippen LogP contribution in [0.1, 0.15) is 55.7 Å². The lowest BCUT2D eigenvalue weighted by atomic mass is 9.99. The summed E-state index contributed by atoms with van der Waals surface area (Å²) in [5.74, 6) is 0.676. The van der Waals surface area contributed by atoms with Crippen LogP contribution in [0.5, 0.6) is 5.75 Å². The van der Waals surface area contributed by atoms with E-state index in [1.165, 1.54) is 12.8 Å². The van der Waals surface area contributed by atoms with Gasteiger partial charge in [-0.1, -0.05) is 5.21 Å². The Labute approximate surface area is 171 Å². The van der Waals surface area contributed by atoms with Crippen molar-refractivity contribution in [3.63, 3.8) is 0 Å². The largest absolute Gasteiger partial charge is 0.491 e. The molecule has 4 rings (SSSR count). The zero-order valence-corrected chi connectivity index (χ0v) is 17.3. The first-order chi connectivity index (χ1) is 13.0. The third kappa shape index (κ3) is 4.31. The number of amides is 1. The van der Waals surface area contributed by atoms with Gasteiger partial charge in [0.1, 0.15) is 5.75 Å². The fourth-order valence-electron chi connectivity index (χ4n) is 4.15. The van der Waals surface area contributed by atoms with E-state index in [9.17, 15) is 4.79 Å². The molecular formula is C20H28ClN5O2. The number of hydrogen-bond donors (Lipinski definition) is 2. The number of halogens is 1. The first-order valence-corrected chi connectivity index (χ1v) is 9.76. The maximum atomic E-state index is 12.7. The quantitative estimate of drug-likeness (QED) is 0.799. The number of ether oxygens (including phenoxy) is 1. The van der Waals surface area contributed by atoms with Gasteiger partial charge in [-0.05, 0) is 70.7 Å². The second kappa shape index (κ2) is 8.49. The molecule has 1 amide bonds. The molecule has 2 aromatic rings. The summed E-state index contributed by atoms with van der Waals surface area (Å²) < 4.78 is 7.37. The van der Waals surface area contributed by atoms with Crippen molar-refractivity contribution in [3.8, 4) is 11.4 Å². The van der Waals surface area contributed by atoms with Gasteiger partial charge in [-0.15, -0.1) is 17.5 Å². The van der Waals surface area contributed by atoms with Crippen LogP contribution < -0.4 is 15.4 Å². The van der Waals surface area contributed by atoms with E-state index in [-0.39, 0.29) is 30.5 Å². The Morgan fingerprint density at radius 1 is 1.21 bits per heavy atom. The van der Waals surface area contributed by atoms with Crippen LogP contribution in [0.15, 0.2) is 24.3 Å². The molecule has 2 fully saturated rings. The Kier molecular flexibility index (Phi) is 6.25. The molecule has 2 N–H and O–H groups in total. The predicted molar refractivity (Wildman–Crippen MR) is 110 cm³/mol. The molecule has 7 nitrogen and oxygen atoms in total. The number of piperidine rings is 1. The first-order valence-electron chi connectivity index (χ1n) is 9.76. The van der Waals surface area contributed by atoms with Crippen LogP contribution in [0.2, 0.25) is 0 Å². The Hall–Kier alpha value is -2.12. The summed E-state index contributed by atoms with van der Waals surface area (Å²) in [6.45, 7) is 5.86. The van der Waals surface area contributed by atoms with Crippen molar-refractivity contribution >= 4 is 18.3 Å². The molecule has 2 atom stereocenters. The summed E-state index contributed by atoms with van der Waals surface area (Å²) in [6.07, 6.45) is 4.54. The molecule has 2 aliphatic rings. The SMILES string of the molecule is Cc1c(C(=O)NC2CC3CCC(C2)N3)nnn1-c1ccc(OC(C)C)cc1.Cl. The van der Waals surface area contributed by atoms with Crippen LogP contribution >= 0.6 is 12.4 Å². The molecule has 3 heterocycles. The second-order valence-electron chi connectivity index (χ2n) is 7.88. The van der Waals surface area contributed by atoms with Gasteiger partial charge in [-0.2, -0.15) is 0 Å². The molecule has 0 saturated carbocycles. The van der Waals surface area contributed by atoms with E-state index in [0.29, 0.717) is 17.8 Å². The molecule has 28 heavy (non-hydrogen) atoms. The Balaban J connectivity index is 0.00000225. The van der Waals surface area contributed by atoms with E-state index < -0.39 is 0 Å². The van der Waals surface area contributed by atoms with Crippen molar-refractivity contribution in [3.05, 3.63) is 35.7 Å². The van der Waals surface area contributed by atoms with Crippen LogP contribution in [0.4, 0.5) is 0 Å². The fraction of sp³-hybridized carbons (Fsp3) is 0.550. The van der Waals surface area contributed by atoms with Crippen molar-refractivity contribution in [2.75, 3.05) is 0 Å². The van der Waals surface area contributed by atoms with Gasteiger partial charge in [0.2, 0.25) is 0 Å². The number of hydrogen-bond acceptors (Lipinski definition) is 5. The van der Waals surface area contributed by atoms with Gasteiger partial charge in [0.25, 0.3) is 5.91 Å². The minimum absolute atomic E-state index is 0. The molecule has 0 spiro atoms. The predicted octanol–water partition coefficient (Wildman–Crippen LogP) is 2.80. The van der Waals surface area contributed by atoms with Gasteiger partial charge < -0.3 is 15.4 Å². The zero-order chi connectivity index (χ0) is 19.0. The lowest BCUT2D eigenvalue weighted by molar-refractivity contribution is 0.0918. The van der Waals surface area contributed by atoms with Gasteiger partial charge in [-0.3, -0.25) is 4.79 Å². The van der Waals surface area contributed by atoms with E-state index in [1.54, 1.807) is 4.68 Å². The molecular weight excluding hydrogens is 378 g/mol. The molecule has 0 aliphatic carbocycles. The summed E-state index contributed by atoms with van der Waals surface area (Å²) in [4.78, 5) is 12.7. The minimum Gasteiger partial charge on any atom is -0.491 e. The maximum absolute atomic E-state index is 12.7. The average molecular weight is 406 g/mol. The van der Waals surface area contributed by atoms with Crippen LogP contribution in [-0.4, -0.2) is 45.1 Å². The number of nitrogens with one attached hydrogen (secondary N) is 2. The van der Waals surface area contributed by atoms with Crippen LogP contribution in [0.25, 0.3) is 5.69 Å². The molecule has 1 aromatic heterocycles. The molecule has 2 saturated heterocycles. The molecule has 2 aliphatic heterocycles. The van der Waals surface area contributed by atoms with Crippen molar-refractivity contribution in [2.45, 2.75) is 70.7 Å². The summed E-state index contributed by atoms with van der Waals surface area (Å²) >= 11 is 0. The zero-order valence-electron chi connectivity index (χ0n) is 16.5. The number of aromatic nitrogens is 3. The van der Waals surface area contributed by atoms with Crippen LogP contribution in [-0.2, 0) is 0 Å². The second-order valence-corrected chi connectivity index (χ2v) is 7.88. The first kappa shape index (κ1) is 20.6. The summed E-state index contributed by atoms with van der Waals surface area (Å²) in [5, 5.41) is 15.1. The summed E-state index contributed by atoms with van der Waals surface area (Å²) in [6, 6.07) is 8.95.